The largest absolute Gasteiger partial charge is 0.453 e. The van der Waals surface area contributed by atoms with Gasteiger partial charge in [-0.1, -0.05) is 56.3 Å². The van der Waals surface area contributed by atoms with Gasteiger partial charge in [0.05, 0.1) is 11.9 Å². The van der Waals surface area contributed by atoms with Crippen molar-refractivity contribution < 1.29 is 9.53 Å². The van der Waals surface area contributed by atoms with Crippen LogP contribution in [0.5, 0.6) is 0 Å². The summed E-state index contributed by atoms with van der Waals surface area (Å²) in [5.41, 5.74) is 8.98. The van der Waals surface area contributed by atoms with Crippen molar-refractivity contribution in [1.82, 2.24) is 0 Å². The van der Waals surface area contributed by atoms with E-state index in [1.165, 1.54) is 35.6 Å². The van der Waals surface area contributed by atoms with Crippen molar-refractivity contribution in [2.24, 2.45) is 4.99 Å². The molecule has 0 aliphatic carbocycles. The van der Waals surface area contributed by atoms with Gasteiger partial charge in [0.1, 0.15) is 0 Å². The Balaban J connectivity index is 1.67. The Labute approximate surface area is 202 Å². The highest BCUT2D eigenvalue weighted by Crippen LogP contribution is 2.31. The molecule has 3 aromatic rings. The lowest BCUT2D eigenvalue weighted by atomic mass is 9.95. The number of aryl methyl sites for hydroxylation is 2. The zero-order chi connectivity index (χ0) is 24.3. The lowest BCUT2D eigenvalue weighted by Gasteiger charge is -2.13. The fraction of sp³-hybridized carbons (Fsp3) is 0.200. The van der Waals surface area contributed by atoms with E-state index in [0.29, 0.717) is 0 Å². The molecule has 34 heavy (non-hydrogen) atoms. The Morgan fingerprint density at radius 2 is 1.62 bits per heavy atom. The summed E-state index contributed by atoms with van der Waals surface area (Å²) in [6, 6.07) is 20.8. The third kappa shape index (κ3) is 6.79. The van der Waals surface area contributed by atoms with Crippen LogP contribution in [0, 0.1) is 0 Å². The van der Waals surface area contributed by atoms with E-state index in [9.17, 15) is 4.79 Å². The molecule has 0 fully saturated rings. The Kier molecular flexibility index (Phi) is 8.98. The molecule has 0 saturated heterocycles. The van der Waals surface area contributed by atoms with Crippen molar-refractivity contribution >= 4 is 35.7 Å². The number of allylic oxidation sites excluding steroid dienone is 1. The molecule has 0 aromatic heterocycles. The molecule has 0 spiro atoms. The predicted octanol–water partition coefficient (Wildman–Crippen LogP) is 7.47. The average Bonchev–Trinajstić information content (AvgIpc) is 2.87. The van der Waals surface area contributed by atoms with Gasteiger partial charge in [0.25, 0.3) is 0 Å². The molecule has 4 heteroatoms. The minimum absolute atomic E-state index is 0.0337. The summed E-state index contributed by atoms with van der Waals surface area (Å²) < 4.78 is 5.49. The zero-order valence-electron chi connectivity index (χ0n) is 20.3. The number of aliphatic imine (C=N–C) groups is 1. The third-order valence-corrected chi connectivity index (χ3v) is 5.58. The number of nitrogens with one attached hydrogen (secondary N) is 1. The van der Waals surface area contributed by atoms with Gasteiger partial charge in [-0.3, -0.25) is 4.79 Å². The lowest BCUT2D eigenvalue weighted by Crippen LogP contribution is -1.94. The maximum Gasteiger partial charge on any atom is 0.180 e. The van der Waals surface area contributed by atoms with Gasteiger partial charge in [0, 0.05) is 12.7 Å². The van der Waals surface area contributed by atoms with Gasteiger partial charge in [0.2, 0.25) is 0 Å². The molecule has 0 unspecified atom stereocenters. The summed E-state index contributed by atoms with van der Waals surface area (Å²) in [6.45, 7) is 5.86. The highest BCUT2D eigenvalue weighted by atomic mass is 16.5. The second-order valence-corrected chi connectivity index (χ2v) is 7.96. The fourth-order valence-corrected chi connectivity index (χ4v) is 3.66. The third-order valence-electron chi connectivity index (χ3n) is 5.58. The minimum Gasteiger partial charge on any atom is -0.453 e. The molecular formula is C30H32N2O2. The number of carbonyl (C=O) groups excluding carboxylic acids is 1. The number of ketones is 1. The molecule has 0 heterocycles. The van der Waals surface area contributed by atoms with Crippen LogP contribution in [0.3, 0.4) is 0 Å². The van der Waals surface area contributed by atoms with E-state index < -0.39 is 0 Å². The molecule has 0 aliphatic rings. The van der Waals surface area contributed by atoms with E-state index in [4.69, 9.17) is 4.74 Å². The number of rotatable bonds is 10. The second-order valence-electron chi connectivity index (χ2n) is 7.96. The van der Waals surface area contributed by atoms with E-state index >= 15 is 0 Å². The first-order valence-electron chi connectivity index (χ1n) is 11.6. The maximum atomic E-state index is 11.0. The average molecular weight is 453 g/mol. The number of ether oxygens (including phenoxy) is 1. The van der Waals surface area contributed by atoms with Crippen molar-refractivity contribution in [2.45, 2.75) is 33.6 Å². The Morgan fingerprint density at radius 1 is 0.912 bits per heavy atom. The van der Waals surface area contributed by atoms with E-state index in [2.05, 4.69) is 60.6 Å². The number of hydrogen-bond donors (Lipinski definition) is 1. The maximum absolute atomic E-state index is 11.0. The minimum atomic E-state index is 0.0337. The van der Waals surface area contributed by atoms with Gasteiger partial charge in [-0.25, -0.2) is 4.99 Å². The van der Waals surface area contributed by atoms with Gasteiger partial charge in [0.15, 0.2) is 12.2 Å². The first kappa shape index (κ1) is 24.7. The van der Waals surface area contributed by atoms with Crippen LogP contribution in [0.4, 0.5) is 11.4 Å². The molecular weight excluding hydrogens is 420 g/mol. The summed E-state index contributed by atoms with van der Waals surface area (Å²) in [5, 5.41) is 3.21. The molecule has 0 aliphatic heterocycles. The molecule has 1 N–H and O–H groups in total. The normalized spacial score (nSPS) is 11.5. The van der Waals surface area contributed by atoms with Gasteiger partial charge in [-0.05, 0) is 89.6 Å². The molecule has 0 saturated carbocycles. The van der Waals surface area contributed by atoms with E-state index in [1.54, 1.807) is 18.4 Å². The number of nitrogens with zero attached hydrogens (tertiary/aromatic N) is 1. The number of carbonyl (C=O) groups is 1. The highest BCUT2D eigenvalue weighted by Gasteiger charge is 2.08. The molecule has 3 rings (SSSR count). The zero-order valence-corrected chi connectivity index (χ0v) is 20.3. The SMILES string of the molecule is CCc1cc(-c2ccc(NC)cc2CC)ccc1N=COC=Cc1ccc(C=CC(C)=O)cc1. The molecule has 174 valence electrons. The van der Waals surface area contributed by atoms with Crippen LogP contribution in [-0.4, -0.2) is 19.2 Å². The quantitative estimate of drug-likeness (QED) is 0.150. The van der Waals surface area contributed by atoms with Crippen molar-refractivity contribution in [3.8, 4) is 11.1 Å². The molecule has 3 aromatic carbocycles. The number of anilines is 1. The summed E-state index contributed by atoms with van der Waals surface area (Å²) in [5.74, 6) is 0.0337. The summed E-state index contributed by atoms with van der Waals surface area (Å²) in [4.78, 5) is 15.5. The van der Waals surface area contributed by atoms with Gasteiger partial charge in [-0.15, -0.1) is 0 Å². The summed E-state index contributed by atoms with van der Waals surface area (Å²) >= 11 is 0. The smallest absolute Gasteiger partial charge is 0.180 e. The Morgan fingerprint density at radius 3 is 2.26 bits per heavy atom. The fourth-order valence-electron chi connectivity index (χ4n) is 3.66. The predicted molar refractivity (Wildman–Crippen MR) is 145 cm³/mol. The summed E-state index contributed by atoms with van der Waals surface area (Å²) in [7, 11) is 1.94. The monoisotopic (exact) mass is 452 g/mol. The van der Waals surface area contributed by atoms with Crippen LogP contribution in [0.1, 0.15) is 43.0 Å². The van der Waals surface area contributed by atoms with Gasteiger partial charge in [-0.2, -0.15) is 0 Å². The summed E-state index contributed by atoms with van der Waals surface area (Å²) in [6.07, 6.45) is 10.2. The van der Waals surface area contributed by atoms with Crippen LogP contribution in [0.25, 0.3) is 23.3 Å². The van der Waals surface area contributed by atoms with Crippen LogP contribution < -0.4 is 5.32 Å². The van der Waals surface area contributed by atoms with E-state index in [1.807, 2.05) is 37.4 Å². The van der Waals surface area contributed by atoms with Crippen molar-refractivity contribution in [3.63, 3.8) is 0 Å². The van der Waals surface area contributed by atoms with Gasteiger partial charge >= 0.3 is 0 Å². The standard InChI is InChI=1S/C30H32N2O2/c1-5-25-20-28(31-4)14-15-29(25)27-13-16-30(26(6-2)19-27)32-21-34-18-17-24-11-9-23(10-12-24)8-7-22(3)33/h7-21,31H,5-6H2,1-4H3. The van der Waals surface area contributed by atoms with Crippen LogP contribution in [0.2, 0.25) is 0 Å². The molecule has 0 bridgehead atoms. The highest BCUT2D eigenvalue weighted by molar-refractivity contribution is 5.91. The molecule has 0 radical (unpaired) electrons. The van der Waals surface area contributed by atoms with E-state index in [-0.39, 0.29) is 5.78 Å². The van der Waals surface area contributed by atoms with Gasteiger partial charge < -0.3 is 10.1 Å². The van der Waals surface area contributed by atoms with Crippen molar-refractivity contribution in [1.29, 1.82) is 0 Å². The molecule has 0 amide bonds. The van der Waals surface area contributed by atoms with Crippen molar-refractivity contribution in [3.05, 3.63) is 95.3 Å². The number of hydrogen-bond acceptors (Lipinski definition) is 4. The first-order chi connectivity index (χ1) is 16.5. The Bertz CT molecular complexity index is 1200. The first-order valence-corrected chi connectivity index (χ1v) is 11.6. The van der Waals surface area contributed by atoms with Crippen LogP contribution in [-0.2, 0) is 22.4 Å². The molecule has 0 atom stereocenters. The van der Waals surface area contributed by atoms with Crippen LogP contribution in [0.15, 0.2) is 78.0 Å². The molecule has 4 nitrogen and oxygen atoms in total. The van der Waals surface area contributed by atoms with E-state index in [0.717, 1.165) is 35.3 Å². The second kappa shape index (κ2) is 12.4. The number of benzene rings is 3. The topological polar surface area (TPSA) is 50.7 Å². The Hall–Kier alpha value is -3.92. The lowest BCUT2D eigenvalue weighted by molar-refractivity contribution is -0.112. The van der Waals surface area contributed by atoms with Crippen LogP contribution >= 0.6 is 0 Å². The van der Waals surface area contributed by atoms with Crippen molar-refractivity contribution in [2.75, 3.05) is 12.4 Å².